The molecular weight excluding hydrogens is 505 g/mol. The second kappa shape index (κ2) is 11.0. The van der Waals surface area contributed by atoms with Crippen LogP contribution in [0.3, 0.4) is 0 Å². The van der Waals surface area contributed by atoms with Crippen LogP contribution >= 0.6 is 0 Å². The Bertz CT molecular complexity index is 1520. The second-order valence-electron chi connectivity index (χ2n) is 7.56. The normalized spacial score (nSPS) is 10.5. The number of carbonyl (C=O) groups is 1. The molecule has 0 aliphatic heterocycles. The fourth-order valence-corrected chi connectivity index (χ4v) is 3.29. The fourth-order valence-electron chi connectivity index (χ4n) is 3.29. The molecule has 1 aromatic heterocycles. The van der Waals surface area contributed by atoms with E-state index in [9.17, 15) is 29.4 Å². The number of anilines is 1. The Morgan fingerprint density at radius 1 is 1.00 bits per heavy atom. The van der Waals surface area contributed by atoms with E-state index in [4.69, 9.17) is 14.2 Å². The molecule has 0 fully saturated rings. The molecule has 4 rings (SSSR count). The van der Waals surface area contributed by atoms with E-state index in [0.29, 0.717) is 11.5 Å². The van der Waals surface area contributed by atoms with E-state index in [0.717, 1.165) is 28.9 Å². The van der Waals surface area contributed by atoms with E-state index in [-0.39, 0.29) is 35.3 Å². The van der Waals surface area contributed by atoms with Crippen LogP contribution in [0.15, 0.2) is 72.9 Å². The maximum Gasteiger partial charge on any atom is 0.311 e. The molecule has 38 heavy (non-hydrogen) atoms. The Balaban J connectivity index is 1.49. The third-order valence-corrected chi connectivity index (χ3v) is 5.00. The van der Waals surface area contributed by atoms with Gasteiger partial charge in [0.2, 0.25) is 5.75 Å². The number of methoxy groups -OCH3 is 1. The highest BCUT2D eigenvalue weighted by molar-refractivity contribution is 6.03. The highest BCUT2D eigenvalue weighted by Gasteiger charge is 2.18. The van der Waals surface area contributed by atoms with Crippen LogP contribution in [0.4, 0.5) is 21.5 Å². The highest BCUT2D eigenvalue weighted by Crippen LogP contribution is 2.34. The summed E-state index contributed by atoms with van der Waals surface area (Å²) in [6.45, 7) is -0.356. The lowest BCUT2D eigenvalue weighted by atomic mass is 10.2. The quantitative estimate of drug-likeness (QED) is 0.224. The lowest BCUT2D eigenvalue weighted by molar-refractivity contribution is -0.386. The van der Waals surface area contributed by atoms with Gasteiger partial charge in [0.1, 0.15) is 11.6 Å². The zero-order chi connectivity index (χ0) is 27.2. The van der Waals surface area contributed by atoms with Gasteiger partial charge in [-0.25, -0.2) is 9.07 Å². The number of rotatable bonds is 10. The molecule has 0 spiro atoms. The van der Waals surface area contributed by atoms with Crippen LogP contribution in [0.25, 0.3) is 0 Å². The minimum absolute atomic E-state index is 0.0651. The molecular formula is C24H18FN5O8. The number of ether oxygens (including phenoxy) is 3. The van der Waals surface area contributed by atoms with Gasteiger partial charge in [-0.3, -0.25) is 25.0 Å². The smallest absolute Gasteiger partial charge is 0.311 e. The fraction of sp³-hybridized carbons (Fsp3) is 0.0833. The number of aromatic nitrogens is 2. The molecule has 0 atom stereocenters. The van der Waals surface area contributed by atoms with Gasteiger partial charge in [0.15, 0.2) is 23.9 Å². The van der Waals surface area contributed by atoms with Crippen molar-refractivity contribution in [1.29, 1.82) is 0 Å². The number of nitrogens with zero attached hydrogens (tertiary/aromatic N) is 4. The SMILES string of the molecule is COc1ccccc1Oc1cc(NC(=O)c2ccn(COc3cc(F)ccc3[N+](=O)[O-])n2)cc([N+](=O)[O-])c1. The maximum absolute atomic E-state index is 13.5. The number of benzene rings is 3. The van der Waals surface area contributed by atoms with Gasteiger partial charge in [-0.1, -0.05) is 12.1 Å². The number of hydrogen-bond acceptors (Lipinski definition) is 9. The predicted molar refractivity (Wildman–Crippen MR) is 130 cm³/mol. The molecule has 1 N–H and O–H groups in total. The van der Waals surface area contributed by atoms with E-state index in [1.165, 1.54) is 31.5 Å². The summed E-state index contributed by atoms with van der Waals surface area (Å²) >= 11 is 0. The van der Waals surface area contributed by atoms with Gasteiger partial charge in [-0.15, -0.1) is 0 Å². The molecule has 0 radical (unpaired) electrons. The summed E-state index contributed by atoms with van der Waals surface area (Å²) in [6.07, 6.45) is 1.36. The van der Waals surface area contributed by atoms with E-state index in [2.05, 4.69) is 10.4 Å². The average Bonchev–Trinajstić information content (AvgIpc) is 3.37. The Morgan fingerprint density at radius 2 is 1.76 bits per heavy atom. The number of halogens is 1. The van der Waals surface area contributed by atoms with Crippen molar-refractivity contribution in [1.82, 2.24) is 9.78 Å². The zero-order valence-electron chi connectivity index (χ0n) is 19.6. The lowest BCUT2D eigenvalue weighted by Gasteiger charge is -2.11. The number of nitrogens with one attached hydrogen (secondary N) is 1. The summed E-state index contributed by atoms with van der Waals surface area (Å²) in [5.41, 5.74) is -0.784. The third kappa shape index (κ3) is 5.99. The zero-order valence-corrected chi connectivity index (χ0v) is 19.6. The minimum Gasteiger partial charge on any atom is -0.493 e. The van der Waals surface area contributed by atoms with E-state index >= 15 is 0 Å². The third-order valence-electron chi connectivity index (χ3n) is 5.00. The number of amides is 1. The summed E-state index contributed by atoms with van der Waals surface area (Å²) in [5.74, 6) is -0.947. The van der Waals surface area contributed by atoms with Crippen LogP contribution < -0.4 is 19.5 Å². The summed E-state index contributed by atoms with van der Waals surface area (Å²) in [6, 6.07) is 14.5. The summed E-state index contributed by atoms with van der Waals surface area (Å²) in [5, 5.41) is 29.1. The molecule has 0 aliphatic carbocycles. The van der Waals surface area contributed by atoms with Crippen molar-refractivity contribution in [3.8, 4) is 23.0 Å². The number of nitro groups is 2. The lowest BCUT2D eigenvalue weighted by Crippen LogP contribution is -2.14. The molecule has 14 heteroatoms. The van der Waals surface area contributed by atoms with Crippen LogP contribution in [-0.4, -0.2) is 32.6 Å². The Kier molecular flexibility index (Phi) is 7.42. The first kappa shape index (κ1) is 25.6. The minimum atomic E-state index is -0.725. The predicted octanol–water partition coefficient (Wildman–Crippen LogP) is 4.93. The van der Waals surface area contributed by atoms with Gasteiger partial charge < -0.3 is 19.5 Å². The molecule has 0 bridgehead atoms. The molecule has 1 heterocycles. The summed E-state index contributed by atoms with van der Waals surface area (Å²) < 4.78 is 30.9. The van der Waals surface area contributed by atoms with E-state index in [1.54, 1.807) is 24.3 Å². The molecule has 4 aromatic rings. The second-order valence-corrected chi connectivity index (χ2v) is 7.56. The Labute approximate surface area is 213 Å². The van der Waals surface area contributed by atoms with E-state index in [1.807, 2.05) is 0 Å². The molecule has 1 amide bonds. The van der Waals surface area contributed by atoms with Crippen molar-refractivity contribution >= 4 is 23.0 Å². The van der Waals surface area contributed by atoms with Gasteiger partial charge in [-0.2, -0.15) is 5.10 Å². The monoisotopic (exact) mass is 523 g/mol. The summed E-state index contributed by atoms with van der Waals surface area (Å²) in [4.78, 5) is 33.9. The van der Waals surface area contributed by atoms with Crippen molar-refractivity contribution in [3.63, 3.8) is 0 Å². The van der Waals surface area contributed by atoms with Gasteiger partial charge >= 0.3 is 5.69 Å². The largest absolute Gasteiger partial charge is 0.493 e. The standard InChI is InChI=1S/C24H18FN5O8/c1-36-21-4-2-3-5-22(21)38-18-12-16(11-17(13-18)29(32)33)26-24(31)19-8-9-28(27-19)14-37-23-10-15(25)6-7-20(23)30(34)35/h2-13H,14H2,1H3,(H,26,31). The Hall–Kier alpha value is -5.53. The van der Waals surface area contributed by atoms with Crippen molar-refractivity contribution in [3.05, 3.63) is 105 Å². The Morgan fingerprint density at radius 3 is 2.47 bits per heavy atom. The molecule has 0 saturated heterocycles. The van der Waals surface area contributed by atoms with Crippen molar-refractivity contribution in [2.24, 2.45) is 0 Å². The number of carbonyl (C=O) groups excluding carboxylic acids is 1. The number of hydrogen-bond donors (Lipinski definition) is 1. The molecule has 194 valence electrons. The van der Waals surface area contributed by atoms with E-state index < -0.39 is 27.3 Å². The molecule has 13 nitrogen and oxygen atoms in total. The van der Waals surface area contributed by atoms with Gasteiger partial charge in [0.05, 0.1) is 28.7 Å². The van der Waals surface area contributed by atoms with Gasteiger partial charge in [0, 0.05) is 30.5 Å². The van der Waals surface area contributed by atoms with Crippen LogP contribution in [0, 0.1) is 26.0 Å². The topological polar surface area (TPSA) is 161 Å². The van der Waals surface area contributed by atoms with Crippen molar-refractivity contribution in [2.75, 3.05) is 12.4 Å². The first-order chi connectivity index (χ1) is 18.2. The average molecular weight is 523 g/mol. The van der Waals surface area contributed by atoms with Crippen LogP contribution in [0.1, 0.15) is 10.5 Å². The first-order valence-electron chi connectivity index (χ1n) is 10.8. The van der Waals surface area contributed by atoms with Crippen LogP contribution in [0.2, 0.25) is 0 Å². The summed E-state index contributed by atoms with van der Waals surface area (Å²) in [7, 11) is 1.45. The van der Waals surface area contributed by atoms with Crippen LogP contribution in [0.5, 0.6) is 23.0 Å². The van der Waals surface area contributed by atoms with Crippen molar-refractivity contribution < 1.29 is 33.2 Å². The number of para-hydroxylation sites is 2. The molecule has 0 saturated carbocycles. The van der Waals surface area contributed by atoms with Crippen molar-refractivity contribution in [2.45, 2.75) is 6.73 Å². The first-order valence-corrected chi connectivity index (χ1v) is 10.8. The molecule has 0 aliphatic rings. The van der Waals surface area contributed by atoms with Gasteiger partial charge in [0.25, 0.3) is 11.6 Å². The maximum atomic E-state index is 13.5. The molecule has 3 aromatic carbocycles. The molecule has 0 unspecified atom stereocenters. The number of nitro benzene ring substituents is 2. The van der Waals surface area contributed by atoms with Crippen LogP contribution in [-0.2, 0) is 6.73 Å². The highest BCUT2D eigenvalue weighted by atomic mass is 19.1. The number of non-ortho nitro benzene ring substituents is 1. The van der Waals surface area contributed by atoms with Gasteiger partial charge in [-0.05, 0) is 24.3 Å².